The normalized spacial score (nSPS) is 10.8. The molecule has 0 spiro atoms. The van der Waals surface area contributed by atoms with Gasteiger partial charge in [0.2, 0.25) is 0 Å². The summed E-state index contributed by atoms with van der Waals surface area (Å²) < 4.78 is 0. The first-order valence-electron chi connectivity index (χ1n) is 6.02. The molecular weight excluding hydrogens is 260 g/mol. The number of benzene rings is 1. The topological polar surface area (TPSA) is 53.6 Å². The van der Waals surface area contributed by atoms with E-state index in [1.165, 1.54) is 0 Å². The summed E-state index contributed by atoms with van der Waals surface area (Å²) in [7, 11) is 0. The summed E-state index contributed by atoms with van der Waals surface area (Å²) in [5.41, 5.74) is 3.09. The highest BCUT2D eigenvalue weighted by Gasteiger charge is 2.07. The molecule has 4 nitrogen and oxygen atoms in total. The molecule has 3 rings (SSSR count). The van der Waals surface area contributed by atoms with Crippen molar-refractivity contribution < 1.29 is 0 Å². The van der Waals surface area contributed by atoms with Crippen LogP contribution in [0.5, 0.6) is 0 Å². The molecule has 2 aromatic heterocycles. The highest BCUT2D eigenvalue weighted by Crippen LogP contribution is 2.22. The van der Waals surface area contributed by atoms with E-state index >= 15 is 0 Å². The van der Waals surface area contributed by atoms with E-state index in [1.54, 1.807) is 6.20 Å². The molecule has 0 bridgehead atoms. The molecule has 19 heavy (non-hydrogen) atoms. The lowest BCUT2D eigenvalue weighted by Crippen LogP contribution is -2.01. The van der Waals surface area contributed by atoms with E-state index in [0.717, 1.165) is 33.0 Å². The van der Waals surface area contributed by atoms with Gasteiger partial charge in [-0.15, -0.1) is 0 Å². The average molecular weight is 273 g/mol. The summed E-state index contributed by atoms with van der Waals surface area (Å²) in [6.07, 6.45) is 1.77. The minimum atomic E-state index is 0.702. The monoisotopic (exact) mass is 272 g/mol. The van der Waals surface area contributed by atoms with Crippen LogP contribution >= 0.6 is 11.6 Å². The van der Waals surface area contributed by atoms with Crippen molar-refractivity contribution in [1.29, 1.82) is 0 Å². The molecule has 0 saturated heterocycles. The van der Waals surface area contributed by atoms with Gasteiger partial charge in [0.15, 0.2) is 0 Å². The Morgan fingerprint density at radius 1 is 1.21 bits per heavy atom. The number of fused-ring (bicyclic) bond motifs is 1. The van der Waals surface area contributed by atoms with Crippen molar-refractivity contribution in [2.45, 2.75) is 13.5 Å². The lowest BCUT2D eigenvalue weighted by Gasteiger charge is -2.07. The van der Waals surface area contributed by atoms with Gasteiger partial charge in [0, 0.05) is 17.8 Å². The molecule has 0 aliphatic rings. The summed E-state index contributed by atoms with van der Waals surface area (Å²) in [4.78, 5) is 4.38. The molecule has 2 N–H and O–H groups in total. The fourth-order valence-electron chi connectivity index (χ4n) is 2.04. The highest BCUT2D eigenvalue weighted by molar-refractivity contribution is 6.30. The second-order valence-corrected chi connectivity index (χ2v) is 4.81. The van der Waals surface area contributed by atoms with E-state index in [4.69, 9.17) is 11.6 Å². The number of halogens is 1. The Morgan fingerprint density at radius 2 is 2.00 bits per heavy atom. The van der Waals surface area contributed by atoms with Gasteiger partial charge in [-0.05, 0) is 30.7 Å². The molecule has 0 atom stereocenters. The Morgan fingerprint density at radius 3 is 2.79 bits per heavy atom. The number of rotatable bonds is 3. The van der Waals surface area contributed by atoms with Gasteiger partial charge >= 0.3 is 0 Å². The predicted octanol–water partition coefficient (Wildman–Crippen LogP) is 3.53. The fraction of sp³-hybridized carbons (Fsp3) is 0.143. The van der Waals surface area contributed by atoms with Crippen LogP contribution in [0, 0.1) is 6.92 Å². The Balaban J connectivity index is 1.85. The molecule has 0 saturated carbocycles. The van der Waals surface area contributed by atoms with Crippen molar-refractivity contribution in [3.05, 3.63) is 52.8 Å². The van der Waals surface area contributed by atoms with Crippen molar-refractivity contribution in [2.24, 2.45) is 0 Å². The lowest BCUT2D eigenvalue weighted by molar-refractivity contribution is 1.07. The predicted molar refractivity (Wildman–Crippen MR) is 77.4 cm³/mol. The summed E-state index contributed by atoms with van der Waals surface area (Å²) in [6, 6.07) is 9.68. The quantitative estimate of drug-likeness (QED) is 0.767. The largest absolute Gasteiger partial charge is 0.365 e. The molecule has 3 aromatic rings. The van der Waals surface area contributed by atoms with Crippen LogP contribution in [-0.4, -0.2) is 15.2 Å². The number of H-pyrrole nitrogens is 1. The lowest BCUT2D eigenvalue weighted by atomic mass is 10.2. The minimum Gasteiger partial charge on any atom is -0.365 e. The average Bonchev–Trinajstić information content (AvgIpc) is 2.81. The third kappa shape index (κ3) is 2.39. The molecule has 0 aliphatic heterocycles. The number of pyridine rings is 1. The second-order valence-electron chi connectivity index (χ2n) is 4.37. The molecule has 0 aliphatic carbocycles. The number of anilines is 1. The summed E-state index contributed by atoms with van der Waals surface area (Å²) in [5, 5.41) is 12.3. The third-order valence-electron chi connectivity index (χ3n) is 3.03. The summed E-state index contributed by atoms with van der Waals surface area (Å²) >= 11 is 5.87. The standard InChI is InChI=1S/C14H13ClN4/c1-9-13-12(19-18-9)6-7-16-14(13)17-8-10-2-4-11(15)5-3-10/h2-7H,8H2,1H3,(H,16,17)(H,18,19). The third-order valence-corrected chi connectivity index (χ3v) is 3.28. The highest BCUT2D eigenvalue weighted by atomic mass is 35.5. The molecule has 2 heterocycles. The maximum Gasteiger partial charge on any atom is 0.137 e. The Kier molecular flexibility index (Phi) is 3.09. The number of aryl methyl sites for hydroxylation is 1. The first-order chi connectivity index (χ1) is 9.24. The molecule has 0 amide bonds. The molecule has 0 radical (unpaired) electrons. The number of aromatic nitrogens is 3. The zero-order valence-electron chi connectivity index (χ0n) is 10.4. The van der Waals surface area contributed by atoms with Crippen molar-refractivity contribution >= 4 is 28.3 Å². The van der Waals surface area contributed by atoms with Gasteiger partial charge in [0.1, 0.15) is 5.82 Å². The van der Waals surface area contributed by atoms with E-state index in [-0.39, 0.29) is 0 Å². The van der Waals surface area contributed by atoms with Crippen molar-refractivity contribution in [3.8, 4) is 0 Å². The van der Waals surface area contributed by atoms with E-state index < -0.39 is 0 Å². The Labute approximate surface area is 115 Å². The maximum absolute atomic E-state index is 5.87. The van der Waals surface area contributed by atoms with Crippen LogP contribution in [0.15, 0.2) is 36.5 Å². The van der Waals surface area contributed by atoms with Crippen LogP contribution in [0.2, 0.25) is 5.02 Å². The number of aromatic amines is 1. The van der Waals surface area contributed by atoms with Crippen LogP contribution in [0.3, 0.4) is 0 Å². The fourth-order valence-corrected chi connectivity index (χ4v) is 2.17. The van der Waals surface area contributed by atoms with Crippen LogP contribution in [0.4, 0.5) is 5.82 Å². The van der Waals surface area contributed by atoms with Gasteiger partial charge in [-0.25, -0.2) is 4.98 Å². The van der Waals surface area contributed by atoms with E-state index in [9.17, 15) is 0 Å². The smallest absolute Gasteiger partial charge is 0.137 e. The van der Waals surface area contributed by atoms with Crippen molar-refractivity contribution in [1.82, 2.24) is 15.2 Å². The summed E-state index contributed by atoms with van der Waals surface area (Å²) in [6.45, 7) is 2.67. The zero-order chi connectivity index (χ0) is 13.2. The van der Waals surface area contributed by atoms with Crippen LogP contribution in [0.25, 0.3) is 10.9 Å². The van der Waals surface area contributed by atoms with Crippen LogP contribution < -0.4 is 5.32 Å². The zero-order valence-corrected chi connectivity index (χ0v) is 11.2. The second kappa shape index (κ2) is 4.90. The SMILES string of the molecule is Cc1n[nH]c2ccnc(NCc3ccc(Cl)cc3)c12. The van der Waals surface area contributed by atoms with E-state index in [0.29, 0.717) is 6.54 Å². The maximum atomic E-state index is 5.87. The molecule has 96 valence electrons. The molecule has 5 heteroatoms. The number of nitrogens with zero attached hydrogens (tertiary/aromatic N) is 2. The number of hydrogen-bond acceptors (Lipinski definition) is 3. The molecule has 1 aromatic carbocycles. The van der Waals surface area contributed by atoms with Crippen LogP contribution in [0.1, 0.15) is 11.3 Å². The molecular formula is C14H13ClN4. The first kappa shape index (κ1) is 12.0. The van der Waals surface area contributed by atoms with Gasteiger partial charge in [-0.2, -0.15) is 5.10 Å². The van der Waals surface area contributed by atoms with Crippen LogP contribution in [-0.2, 0) is 6.54 Å². The summed E-state index contributed by atoms with van der Waals surface area (Å²) in [5.74, 6) is 0.846. The molecule has 0 unspecified atom stereocenters. The molecule has 0 fully saturated rings. The first-order valence-corrected chi connectivity index (χ1v) is 6.40. The number of hydrogen-bond donors (Lipinski definition) is 2. The van der Waals surface area contributed by atoms with Crippen molar-refractivity contribution in [3.63, 3.8) is 0 Å². The Hall–Kier alpha value is -2.07. The van der Waals surface area contributed by atoms with Gasteiger partial charge in [-0.1, -0.05) is 23.7 Å². The van der Waals surface area contributed by atoms with Crippen molar-refractivity contribution in [2.75, 3.05) is 5.32 Å². The van der Waals surface area contributed by atoms with E-state index in [1.807, 2.05) is 37.3 Å². The minimum absolute atomic E-state index is 0.702. The van der Waals surface area contributed by atoms with Gasteiger partial charge < -0.3 is 5.32 Å². The van der Waals surface area contributed by atoms with Gasteiger partial charge in [0.05, 0.1) is 16.6 Å². The number of nitrogens with one attached hydrogen (secondary N) is 2. The van der Waals surface area contributed by atoms with E-state index in [2.05, 4.69) is 20.5 Å². The van der Waals surface area contributed by atoms with Gasteiger partial charge in [-0.3, -0.25) is 5.10 Å². The van der Waals surface area contributed by atoms with Gasteiger partial charge in [0.25, 0.3) is 0 Å². The Bertz CT molecular complexity index is 703.